The van der Waals surface area contributed by atoms with Gasteiger partial charge in [0.05, 0.1) is 10.4 Å². The molecule has 0 saturated heterocycles. The summed E-state index contributed by atoms with van der Waals surface area (Å²) >= 11 is 0. The van der Waals surface area contributed by atoms with E-state index in [0.29, 0.717) is 6.42 Å². The van der Waals surface area contributed by atoms with Gasteiger partial charge in [-0.3, -0.25) is 15.1 Å². The third kappa shape index (κ3) is 2.86. The third-order valence-electron chi connectivity index (χ3n) is 2.96. The Bertz CT molecular complexity index is 704. The zero-order valence-electron chi connectivity index (χ0n) is 11.4. The van der Waals surface area contributed by atoms with Gasteiger partial charge < -0.3 is 5.32 Å². The summed E-state index contributed by atoms with van der Waals surface area (Å²) in [6.45, 7) is 3.86. The van der Waals surface area contributed by atoms with Crippen LogP contribution >= 0.6 is 0 Å². The molecule has 1 N–H and O–H groups in total. The lowest BCUT2D eigenvalue weighted by Crippen LogP contribution is -2.14. The van der Waals surface area contributed by atoms with Crippen LogP contribution in [0.25, 0.3) is 10.9 Å². The molecule has 20 heavy (non-hydrogen) atoms. The second-order valence-corrected chi connectivity index (χ2v) is 4.72. The molecular weight excluding hydrogens is 254 g/mol. The van der Waals surface area contributed by atoms with E-state index in [1.807, 2.05) is 19.9 Å². The standard InChI is InChI=1S/C15H15N3O2/c1-4-5-10(2)16-15-8-11(3)17-14-7-6-12(18(19)20)9-13(14)15/h1,6-10H,5H2,2-3H3,(H,16,17). The fourth-order valence-electron chi connectivity index (χ4n) is 2.07. The van der Waals surface area contributed by atoms with Crippen molar-refractivity contribution in [3.05, 3.63) is 40.1 Å². The summed E-state index contributed by atoms with van der Waals surface area (Å²) in [5.41, 5.74) is 2.45. The van der Waals surface area contributed by atoms with Crippen LogP contribution < -0.4 is 5.32 Å². The Morgan fingerprint density at radius 1 is 1.50 bits per heavy atom. The Morgan fingerprint density at radius 2 is 2.25 bits per heavy atom. The topological polar surface area (TPSA) is 68.1 Å². The van der Waals surface area contributed by atoms with Gasteiger partial charge in [-0.25, -0.2) is 0 Å². The predicted octanol–water partition coefficient (Wildman–Crippen LogP) is 3.28. The molecule has 102 valence electrons. The number of non-ortho nitro benzene ring substituents is 1. The van der Waals surface area contributed by atoms with Crippen LogP contribution in [-0.4, -0.2) is 15.9 Å². The Morgan fingerprint density at radius 3 is 2.90 bits per heavy atom. The van der Waals surface area contributed by atoms with Crippen molar-refractivity contribution in [2.24, 2.45) is 0 Å². The Kier molecular flexibility index (Phi) is 3.85. The van der Waals surface area contributed by atoms with Gasteiger partial charge in [0.2, 0.25) is 0 Å². The number of hydrogen-bond acceptors (Lipinski definition) is 4. The number of hydrogen-bond donors (Lipinski definition) is 1. The van der Waals surface area contributed by atoms with E-state index in [1.54, 1.807) is 6.07 Å². The minimum Gasteiger partial charge on any atom is -0.381 e. The van der Waals surface area contributed by atoms with Crippen LogP contribution in [0.4, 0.5) is 11.4 Å². The maximum atomic E-state index is 10.9. The van der Waals surface area contributed by atoms with Crippen molar-refractivity contribution in [2.45, 2.75) is 26.3 Å². The number of nitrogens with zero attached hydrogens (tertiary/aromatic N) is 2. The maximum absolute atomic E-state index is 10.9. The fraction of sp³-hybridized carbons (Fsp3) is 0.267. The minimum atomic E-state index is -0.409. The van der Waals surface area contributed by atoms with Crippen LogP contribution in [-0.2, 0) is 0 Å². The second-order valence-electron chi connectivity index (χ2n) is 4.72. The predicted molar refractivity (Wildman–Crippen MR) is 79.7 cm³/mol. The summed E-state index contributed by atoms with van der Waals surface area (Å²) < 4.78 is 0. The average molecular weight is 269 g/mol. The summed E-state index contributed by atoms with van der Waals surface area (Å²) in [5.74, 6) is 2.59. The van der Waals surface area contributed by atoms with E-state index in [9.17, 15) is 10.1 Å². The summed E-state index contributed by atoms with van der Waals surface area (Å²) in [6.07, 6.45) is 5.88. The van der Waals surface area contributed by atoms with E-state index < -0.39 is 4.92 Å². The van der Waals surface area contributed by atoms with Crippen LogP contribution in [0.1, 0.15) is 19.0 Å². The summed E-state index contributed by atoms with van der Waals surface area (Å²) in [7, 11) is 0. The number of rotatable bonds is 4. The molecule has 0 saturated carbocycles. The number of terminal acetylenes is 1. The van der Waals surface area contributed by atoms with Crippen molar-refractivity contribution >= 4 is 22.3 Å². The normalized spacial score (nSPS) is 11.8. The highest BCUT2D eigenvalue weighted by Crippen LogP contribution is 2.27. The molecular formula is C15H15N3O2. The van der Waals surface area contributed by atoms with Crippen LogP contribution in [0, 0.1) is 29.4 Å². The molecule has 1 atom stereocenters. The molecule has 0 amide bonds. The second kappa shape index (κ2) is 5.57. The Labute approximate surface area is 117 Å². The number of fused-ring (bicyclic) bond motifs is 1. The van der Waals surface area contributed by atoms with E-state index in [-0.39, 0.29) is 11.7 Å². The van der Waals surface area contributed by atoms with E-state index >= 15 is 0 Å². The quantitative estimate of drug-likeness (QED) is 0.525. The third-order valence-corrected chi connectivity index (χ3v) is 2.96. The molecule has 0 bridgehead atoms. The van der Waals surface area contributed by atoms with Crippen LogP contribution in [0.5, 0.6) is 0 Å². The highest BCUT2D eigenvalue weighted by molar-refractivity contribution is 5.93. The molecule has 5 nitrogen and oxygen atoms in total. The van der Waals surface area contributed by atoms with Crippen molar-refractivity contribution in [3.63, 3.8) is 0 Å². The molecule has 5 heteroatoms. The molecule has 1 heterocycles. The van der Waals surface area contributed by atoms with Crippen LogP contribution in [0.15, 0.2) is 24.3 Å². The SMILES string of the molecule is C#CCC(C)Nc1cc(C)nc2ccc([N+](=O)[O-])cc12. The molecule has 1 aromatic carbocycles. The van der Waals surface area contributed by atoms with Gasteiger partial charge in [-0.1, -0.05) is 0 Å². The molecule has 0 spiro atoms. The molecule has 0 aliphatic carbocycles. The number of anilines is 1. The first-order valence-corrected chi connectivity index (χ1v) is 6.27. The summed E-state index contributed by atoms with van der Waals surface area (Å²) in [4.78, 5) is 14.9. The fourth-order valence-corrected chi connectivity index (χ4v) is 2.07. The number of pyridine rings is 1. The molecule has 2 rings (SSSR count). The molecule has 1 unspecified atom stereocenters. The van der Waals surface area contributed by atoms with E-state index in [4.69, 9.17) is 6.42 Å². The molecule has 0 radical (unpaired) electrons. The first-order valence-electron chi connectivity index (χ1n) is 6.27. The zero-order valence-corrected chi connectivity index (χ0v) is 11.4. The highest BCUT2D eigenvalue weighted by Gasteiger charge is 2.12. The van der Waals surface area contributed by atoms with Gasteiger partial charge in [-0.15, -0.1) is 12.3 Å². The van der Waals surface area contributed by atoms with Crippen molar-refractivity contribution in [2.75, 3.05) is 5.32 Å². The summed E-state index contributed by atoms with van der Waals surface area (Å²) in [6, 6.07) is 6.62. The van der Waals surface area contributed by atoms with Crippen molar-refractivity contribution in [3.8, 4) is 12.3 Å². The van der Waals surface area contributed by atoms with E-state index in [0.717, 1.165) is 22.3 Å². The summed E-state index contributed by atoms with van der Waals surface area (Å²) in [5, 5.41) is 14.9. The monoisotopic (exact) mass is 269 g/mol. The lowest BCUT2D eigenvalue weighted by atomic mass is 10.1. The van der Waals surface area contributed by atoms with Gasteiger partial charge in [0.15, 0.2) is 0 Å². The average Bonchev–Trinajstić information content (AvgIpc) is 2.38. The molecule has 1 aromatic heterocycles. The molecule has 2 aromatic rings. The number of nitro benzene ring substituents is 1. The molecule has 0 aliphatic heterocycles. The van der Waals surface area contributed by atoms with Gasteiger partial charge in [0, 0.05) is 41.4 Å². The van der Waals surface area contributed by atoms with Gasteiger partial charge in [0.1, 0.15) is 0 Å². The number of aromatic nitrogens is 1. The highest BCUT2D eigenvalue weighted by atomic mass is 16.6. The van der Waals surface area contributed by atoms with Crippen LogP contribution in [0.2, 0.25) is 0 Å². The van der Waals surface area contributed by atoms with Crippen LogP contribution in [0.3, 0.4) is 0 Å². The van der Waals surface area contributed by atoms with E-state index in [2.05, 4.69) is 16.2 Å². The smallest absolute Gasteiger partial charge is 0.270 e. The Hall–Kier alpha value is -2.61. The lowest BCUT2D eigenvalue weighted by molar-refractivity contribution is -0.384. The van der Waals surface area contributed by atoms with Crippen molar-refractivity contribution in [1.82, 2.24) is 4.98 Å². The number of benzene rings is 1. The number of nitrogens with one attached hydrogen (secondary N) is 1. The van der Waals surface area contributed by atoms with Crippen molar-refractivity contribution in [1.29, 1.82) is 0 Å². The first-order chi connectivity index (χ1) is 9.51. The van der Waals surface area contributed by atoms with Gasteiger partial charge in [0.25, 0.3) is 5.69 Å². The largest absolute Gasteiger partial charge is 0.381 e. The van der Waals surface area contributed by atoms with Gasteiger partial charge in [-0.05, 0) is 26.0 Å². The molecule has 0 fully saturated rings. The zero-order chi connectivity index (χ0) is 14.7. The van der Waals surface area contributed by atoms with Crippen molar-refractivity contribution < 1.29 is 4.92 Å². The van der Waals surface area contributed by atoms with Gasteiger partial charge >= 0.3 is 0 Å². The molecule has 0 aliphatic rings. The number of aryl methyl sites for hydroxylation is 1. The Balaban J connectivity index is 2.53. The van der Waals surface area contributed by atoms with E-state index in [1.165, 1.54) is 12.1 Å². The lowest BCUT2D eigenvalue weighted by Gasteiger charge is -2.15. The maximum Gasteiger partial charge on any atom is 0.270 e. The minimum absolute atomic E-state index is 0.0517. The first kappa shape index (κ1) is 13.8. The van der Waals surface area contributed by atoms with Gasteiger partial charge in [-0.2, -0.15) is 0 Å². The number of nitro groups is 1.